The van der Waals surface area contributed by atoms with E-state index in [1.807, 2.05) is 0 Å². The maximum atomic E-state index is 13.9. The molecule has 2 aliphatic rings. The van der Waals surface area contributed by atoms with Gasteiger partial charge in [0.05, 0.1) is 37.6 Å². The highest BCUT2D eigenvalue weighted by Gasteiger charge is 2.61. The number of hydrogen-bond donors (Lipinski definition) is 0. The molecule has 2 heterocycles. The number of benzene rings is 3. The highest BCUT2D eigenvalue weighted by atomic mass is 35.5. The number of carbonyl (C=O) groups is 2. The van der Waals surface area contributed by atoms with Crippen molar-refractivity contribution in [2.24, 2.45) is 5.92 Å². The molecule has 2 fully saturated rings. The summed E-state index contributed by atoms with van der Waals surface area (Å²) in [5.74, 6) is -1.15. The molecule has 0 saturated carbocycles. The largest absolute Gasteiger partial charge is 0.493 e. The van der Waals surface area contributed by atoms with Crippen molar-refractivity contribution in [3.8, 4) is 17.2 Å². The standard InChI is InChI=1S/C26H22ClN3O8/c1-35-19-12-11-18(22(36-2)23(19)37-3)21-20-24(38-29(21)16-5-4-6-17(13-16)30(33)34)26(32)28(25(20)31)15-9-7-14(27)8-10-15/h4-13,20-21,24H,1-3H3/t20-,21-,24+/m1/s1. The molecular formula is C26H22ClN3O8. The number of nitro benzene ring substituents is 1. The highest BCUT2D eigenvalue weighted by molar-refractivity contribution is 6.31. The molecule has 38 heavy (non-hydrogen) atoms. The summed E-state index contributed by atoms with van der Waals surface area (Å²) in [5.41, 5.74) is 0.918. The van der Waals surface area contributed by atoms with Crippen molar-refractivity contribution >= 4 is 40.5 Å². The fourth-order valence-corrected chi connectivity index (χ4v) is 5.03. The van der Waals surface area contributed by atoms with E-state index in [-0.39, 0.29) is 22.9 Å². The minimum Gasteiger partial charge on any atom is -0.493 e. The zero-order chi connectivity index (χ0) is 27.1. The number of halogens is 1. The molecule has 11 nitrogen and oxygen atoms in total. The average Bonchev–Trinajstić information content (AvgIpc) is 3.43. The Kier molecular flexibility index (Phi) is 6.55. The van der Waals surface area contributed by atoms with Crippen LogP contribution in [0, 0.1) is 16.0 Å². The number of methoxy groups -OCH3 is 3. The molecule has 2 amide bonds. The Morgan fingerprint density at radius 2 is 1.61 bits per heavy atom. The van der Waals surface area contributed by atoms with E-state index in [4.69, 9.17) is 30.6 Å². The topological polar surface area (TPSA) is 121 Å². The zero-order valence-corrected chi connectivity index (χ0v) is 21.2. The van der Waals surface area contributed by atoms with Gasteiger partial charge in [0.1, 0.15) is 12.0 Å². The normalized spacial score (nSPS) is 20.5. The van der Waals surface area contributed by atoms with Gasteiger partial charge >= 0.3 is 0 Å². The van der Waals surface area contributed by atoms with Crippen molar-refractivity contribution in [1.29, 1.82) is 0 Å². The van der Waals surface area contributed by atoms with E-state index in [2.05, 4.69) is 0 Å². The third-order valence-corrected chi connectivity index (χ3v) is 6.80. The lowest BCUT2D eigenvalue weighted by Gasteiger charge is -2.30. The van der Waals surface area contributed by atoms with Gasteiger partial charge in [-0.1, -0.05) is 17.7 Å². The number of amides is 2. The first-order chi connectivity index (χ1) is 18.3. The molecule has 0 spiro atoms. The molecule has 5 rings (SSSR count). The summed E-state index contributed by atoms with van der Waals surface area (Å²) in [6.45, 7) is 0. The van der Waals surface area contributed by atoms with Crippen LogP contribution < -0.4 is 24.2 Å². The van der Waals surface area contributed by atoms with Crippen molar-refractivity contribution in [3.63, 3.8) is 0 Å². The van der Waals surface area contributed by atoms with Crippen molar-refractivity contribution in [2.75, 3.05) is 31.3 Å². The van der Waals surface area contributed by atoms with E-state index < -0.39 is 34.8 Å². The number of carbonyl (C=O) groups excluding carboxylic acids is 2. The van der Waals surface area contributed by atoms with Crippen LogP contribution in [-0.2, 0) is 14.4 Å². The van der Waals surface area contributed by atoms with Gasteiger partial charge < -0.3 is 14.2 Å². The molecule has 3 atom stereocenters. The molecule has 0 aliphatic carbocycles. The summed E-state index contributed by atoms with van der Waals surface area (Å²) < 4.78 is 16.6. The SMILES string of the molecule is COc1ccc([C@@H]2[C@H]3C(=O)N(c4ccc(Cl)cc4)C(=O)[C@H]3ON2c2cccc([N+](=O)[O-])c2)c(OC)c1OC. The predicted octanol–water partition coefficient (Wildman–Crippen LogP) is 4.33. The average molecular weight is 540 g/mol. The van der Waals surface area contributed by atoms with Crippen molar-refractivity contribution in [2.45, 2.75) is 12.1 Å². The van der Waals surface area contributed by atoms with Crippen LogP contribution in [0.2, 0.25) is 5.02 Å². The lowest BCUT2D eigenvalue weighted by Crippen LogP contribution is -2.37. The van der Waals surface area contributed by atoms with Crippen LogP contribution in [0.25, 0.3) is 0 Å². The lowest BCUT2D eigenvalue weighted by molar-refractivity contribution is -0.384. The number of nitrogens with zero attached hydrogens (tertiary/aromatic N) is 3. The van der Waals surface area contributed by atoms with Gasteiger partial charge in [0.25, 0.3) is 11.6 Å². The second kappa shape index (κ2) is 9.84. The first-order valence-electron chi connectivity index (χ1n) is 11.4. The molecule has 0 unspecified atom stereocenters. The molecule has 3 aromatic carbocycles. The fraction of sp³-hybridized carbons (Fsp3) is 0.231. The van der Waals surface area contributed by atoms with Gasteiger partial charge in [-0.15, -0.1) is 0 Å². The quantitative estimate of drug-likeness (QED) is 0.245. The molecule has 3 aromatic rings. The van der Waals surface area contributed by atoms with Gasteiger partial charge in [-0.25, -0.2) is 9.96 Å². The van der Waals surface area contributed by atoms with E-state index in [1.165, 1.54) is 44.6 Å². The van der Waals surface area contributed by atoms with E-state index in [0.29, 0.717) is 22.0 Å². The number of nitro groups is 1. The number of imide groups is 1. The van der Waals surface area contributed by atoms with Crippen LogP contribution in [0.15, 0.2) is 60.7 Å². The Balaban J connectivity index is 1.67. The van der Waals surface area contributed by atoms with Gasteiger partial charge in [-0.05, 0) is 42.5 Å². The molecule has 0 N–H and O–H groups in total. The number of ether oxygens (including phenoxy) is 3. The number of rotatable bonds is 7. The van der Waals surface area contributed by atoms with Gasteiger partial charge in [0, 0.05) is 22.7 Å². The van der Waals surface area contributed by atoms with Crippen molar-refractivity contribution in [1.82, 2.24) is 0 Å². The van der Waals surface area contributed by atoms with Crippen molar-refractivity contribution < 1.29 is 33.6 Å². The summed E-state index contributed by atoms with van der Waals surface area (Å²) in [4.78, 5) is 45.5. The first-order valence-corrected chi connectivity index (χ1v) is 11.8. The molecule has 0 radical (unpaired) electrons. The van der Waals surface area contributed by atoms with Crippen LogP contribution in [0.3, 0.4) is 0 Å². The summed E-state index contributed by atoms with van der Waals surface area (Å²) >= 11 is 6.00. The second-order valence-electron chi connectivity index (χ2n) is 8.51. The number of anilines is 2. The summed E-state index contributed by atoms with van der Waals surface area (Å²) in [6, 6.07) is 14.5. The number of non-ortho nitro benzene ring substituents is 1. The monoisotopic (exact) mass is 539 g/mol. The third-order valence-electron chi connectivity index (χ3n) is 6.55. The van der Waals surface area contributed by atoms with E-state index in [0.717, 1.165) is 4.90 Å². The van der Waals surface area contributed by atoms with Crippen LogP contribution in [0.4, 0.5) is 17.1 Å². The van der Waals surface area contributed by atoms with Gasteiger partial charge in [-0.3, -0.25) is 24.5 Å². The first kappa shape index (κ1) is 25.3. The maximum absolute atomic E-state index is 13.9. The summed E-state index contributed by atoms with van der Waals surface area (Å²) in [6.07, 6.45) is -1.19. The number of hydroxylamine groups is 1. The van der Waals surface area contributed by atoms with Gasteiger partial charge in [0.2, 0.25) is 11.7 Å². The summed E-state index contributed by atoms with van der Waals surface area (Å²) in [7, 11) is 4.36. The molecule has 0 bridgehead atoms. The number of fused-ring (bicyclic) bond motifs is 1. The molecule has 2 saturated heterocycles. The lowest BCUT2D eigenvalue weighted by atomic mass is 9.89. The Labute approximate surface area is 222 Å². The van der Waals surface area contributed by atoms with Crippen LogP contribution in [0.5, 0.6) is 17.2 Å². The van der Waals surface area contributed by atoms with Crippen molar-refractivity contribution in [3.05, 3.63) is 81.4 Å². The van der Waals surface area contributed by atoms with Crippen LogP contribution >= 0.6 is 11.6 Å². The molecule has 196 valence electrons. The van der Waals surface area contributed by atoms with E-state index in [9.17, 15) is 19.7 Å². The van der Waals surface area contributed by atoms with Gasteiger partial charge in [0.15, 0.2) is 17.6 Å². The zero-order valence-electron chi connectivity index (χ0n) is 20.5. The minimum atomic E-state index is -1.19. The Hall–Kier alpha value is -4.35. The minimum absolute atomic E-state index is 0.179. The molecule has 0 aromatic heterocycles. The highest BCUT2D eigenvalue weighted by Crippen LogP contribution is 2.52. The fourth-order valence-electron chi connectivity index (χ4n) is 4.90. The molecular weight excluding hydrogens is 518 g/mol. The maximum Gasteiger partial charge on any atom is 0.271 e. The molecule has 12 heteroatoms. The summed E-state index contributed by atoms with van der Waals surface area (Å²) in [5, 5.41) is 13.3. The van der Waals surface area contributed by atoms with Gasteiger partial charge in [-0.2, -0.15) is 0 Å². The second-order valence-corrected chi connectivity index (χ2v) is 8.95. The molecule has 2 aliphatic heterocycles. The Morgan fingerprint density at radius 3 is 2.24 bits per heavy atom. The Bertz CT molecular complexity index is 1430. The third kappa shape index (κ3) is 3.96. The smallest absolute Gasteiger partial charge is 0.271 e. The number of hydrogen-bond acceptors (Lipinski definition) is 9. The van der Waals surface area contributed by atoms with E-state index >= 15 is 0 Å². The van der Waals surface area contributed by atoms with Crippen LogP contribution in [0.1, 0.15) is 11.6 Å². The Morgan fingerprint density at radius 1 is 0.895 bits per heavy atom. The van der Waals surface area contributed by atoms with Crippen LogP contribution in [-0.4, -0.2) is 44.2 Å². The predicted molar refractivity (Wildman–Crippen MR) is 137 cm³/mol. The van der Waals surface area contributed by atoms with E-state index in [1.54, 1.807) is 42.5 Å².